The van der Waals surface area contributed by atoms with Gasteiger partial charge in [0.15, 0.2) is 11.4 Å². The van der Waals surface area contributed by atoms with E-state index in [1.165, 1.54) is 12.3 Å². The molecule has 0 aliphatic heterocycles. The van der Waals surface area contributed by atoms with Gasteiger partial charge in [0.2, 0.25) is 0 Å². The monoisotopic (exact) mass is 386 g/mol. The molecule has 4 rings (SSSR count). The molecule has 144 valence electrons. The molecule has 2 heterocycles. The van der Waals surface area contributed by atoms with E-state index in [-0.39, 0.29) is 17.0 Å². The number of fused-ring (bicyclic) bond motifs is 1. The molecule has 6 nitrogen and oxygen atoms in total. The van der Waals surface area contributed by atoms with Crippen LogP contribution in [0, 0.1) is 0 Å². The number of carbonyl (C=O) groups is 1. The Hall–Kier alpha value is -3.93. The lowest BCUT2D eigenvalue weighted by molar-refractivity contribution is 0.0687. The number of hydrogen-bond donors (Lipinski definition) is 2. The second-order valence-electron chi connectivity index (χ2n) is 6.75. The number of aromatic nitrogens is 2. The van der Waals surface area contributed by atoms with Gasteiger partial charge in [-0.2, -0.15) is 0 Å². The SMILES string of the molecule is C[C@@H](c1ccccc1)n1c(=O)c(-c2ccccc2)cc2c(O)c(C(=O)O)ncc21. The Bertz CT molecular complexity index is 1270. The van der Waals surface area contributed by atoms with E-state index < -0.39 is 17.4 Å². The van der Waals surface area contributed by atoms with Gasteiger partial charge in [0, 0.05) is 10.9 Å². The van der Waals surface area contributed by atoms with Crippen LogP contribution in [0.4, 0.5) is 0 Å². The first kappa shape index (κ1) is 18.4. The Morgan fingerprint density at radius 1 is 1.03 bits per heavy atom. The first-order valence-electron chi connectivity index (χ1n) is 9.10. The fourth-order valence-electron chi connectivity index (χ4n) is 3.53. The van der Waals surface area contributed by atoms with E-state index in [1.807, 2.05) is 55.5 Å². The van der Waals surface area contributed by atoms with Crippen LogP contribution >= 0.6 is 0 Å². The number of carboxylic acids is 1. The molecular weight excluding hydrogens is 368 g/mol. The van der Waals surface area contributed by atoms with Crippen LogP contribution in [0.2, 0.25) is 0 Å². The lowest BCUT2D eigenvalue weighted by Gasteiger charge is -2.20. The molecule has 2 N–H and O–H groups in total. The number of aromatic carboxylic acids is 1. The first-order valence-corrected chi connectivity index (χ1v) is 9.10. The second kappa shape index (κ2) is 7.24. The zero-order valence-electron chi connectivity index (χ0n) is 15.6. The summed E-state index contributed by atoms with van der Waals surface area (Å²) in [5.74, 6) is -1.79. The maximum Gasteiger partial charge on any atom is 0.358 e. The van der Waals surface area contributed by atoms with Crippen molar-refractivity contribution in [3.8, 4) is 16.9 Å². The lowest BCUT2D eigenvalue weighted by atomic mass is 10.0. The molecule has 0 spiro atoms. The van der Waals surface area contributed by atoms with Gasteiger partial charge in [0.1, 0.15) is 0 Å². The molecule has 0 bridgehead atoms. The van der Waals surface area contributed by atoms with Crippen LogP contribution in [0.3, 0.4) is 0 Å². The van der Waals surface area contributed by atoms with Crippen molar-refractivity contribution in [2.75, 3.05) is 0 Å². The number of rotatable bonds is 4. The van der Waals surface area contributed by atoms with Crippen molar-refractivity contribution >= 4 is 16.9 Å². The fourth-order valence-corrected chi connectivity index (χ4v) is 3.53. The molecule has 0 aliphatic carbocycles. The number of hydrogen-bond acceptors (Lipinski definition) is 4. The van der Waals surface area contributed by atoms with Crippen molar-refractivity contribution < 1.29 is 15.0 Å². The minimum absolute atomic E-state index is 0.246. The summed E-state index contributed by atoms with van der Waals surface area (Å²) >= 11 is 0. The zero-order valence-corrected chi connectivity index (χ0v) is 15.6. The van der Waals surface area contributed by atoms with Gasteiger partial charge in [-0.1, -0.05) is 60.7 Å². The van der Waals surface area contributed by atoms with Crippen LogP contribution in [0.1, 0.15) is 29.0 Å². The van der Waals surface area contributed by atoms with Gasteiger partial charge in [-0.3, -0.25) is 9.36 Å². The van der Waals surface area contributed by atoms with Crippen molar-refractivity contribution in [1.82, 2.24) is 9.55 Å². The molecule has 0 aliphatic rings. The normalized spacial score (nSPS) is 12.0. The number of aromatic hydroxyl groups is 1. The van der Waals surface area contributed by atoms with Crippen LogP contribution in [-0.2, 0) is 0 Å². The molecule has 2 aromatic heterocycles. The summed E-state index contributed by atoms with van der Waals surface area (Å²) in [5.41, 5.74) is 1.63. The van der Waals surface area contributed by atoms with E-state index in [1.54, 1.807) is 16.7 Å². The molecule has 0 saturated heterocycles. The zero-order chi connectivity index (χ0) is 20.5. The Balaban J connectivity index is 2.10. The van der Waals surface area contributed by atoms with Gasteiger partial charge in [-0.05, 0) is 24.1 Å². The predicted molar refractivity (Wildman–Crippen MR) is 110 cm³/mol. The third kappa shape index (κ3) is 3.14. The van der Waals surface area contributed by atoms with Gasteiger partial charge in [0.25, 0.3) is 5.56 Å². The average Bonchev–Trinajstić information content (AvgIpc) is 2.74. The van der Waals surface area contributed by atoms with Gasteiger partial charge < -0.3 is 10.2 Å². The summed E-state index contributed by atoms with van der Waals surface area (Å²) in [6.45, 7) is 1.88. The largest absolute Gasteiger partial charge is 0.505 e. The Kier molecular flexibility index (Phi) is 4.60. The van der Waals surface area contributed by atoms with E-state index in [0.29, 0.717) is 16.6 Å². The van der Waals surface area contributed by atoms with Crippen LogP contribution in [0.5, 0.6) is 5.75 Å². The molecule has 0 amide bonds. The Morgan fingerprint density at radius 2 is 1.66 bits per heavy atom. The molecule has 4 aromatic rings. The summed E-state index contributed by atoms with van der Waals surface area (Å²) in [5, 5.41) is 20.2. The molecule has 0 unspecified atom stereocenters. The molecule has 2 aromatic carbocycles. The molecule has 0 radical (unpaired) electrons. The van der Waals surface area contributed by atoms with E-state index in [9.17, 15) is 19.8 Å². The van der Waals surface area contributed by atoms with Gasteiger partial charge in [-0.15, -0.1) is 0 Å². The third-order valence-electron chi connectivity index (χ3n) is 5.03. The summed E-state index contributed by atoms with van der Waals surface area (Å²) in [6, 6.07) is 19.8. The molecule has 1 atom stereocenters. The second-order valence-corrected chi connectivity index (χ2v) is 6.75. The number of nitrogens with zero attached hydrogens (tertiary/aromatic N) is 2. The maximum absolute atomic E-state index is 13.5. The van der Waals surface area contributed by atoms with Crippen LogP contribution < -0.4 is 5.56 Å². The summed E-state index contributed by atoms with van der Waals surface area (Å²) < 4.78 is 1.55. The van der Waals surface area contributed by atoms with Crippen LogP contribution in [0.15, 0.2) is 77.7 Å². The standard InChI is InChI=1S/C23H18N2O4/c1-14(15-8-4-2-5-9-15)25-19-13-24-20(23(28)29)21(26)18(19)12-17(22(25)27)16-10-6-3-7-11-16/h2-14,26H,1H3,(H,28,29)/t14-/m0/s1. The number of carboxylic acid groups (broad SMARTS) is 1. The van der Waals surface area contributed by atoms with Crippen molar-refractivity contribution in [2.24, 2.45) is 0 Å². The number of benzene rings is 2. The predicted octanol–water partition coefficient (Wildman–Crippen LogP) is 4.08. The number of pyridine rings is 2. The Morgan fingerprint density at radius 3 is 2.28 bits per heavy atom. The van der Waals surface area contributed by atoms with Gasteiger partial charge in [-0.25, -0.2) is 9.78 Å². The topological polar surface area (TPSA) is 92.4 Å². The molecule has 6 heteroatoms. The van der Waals surface area contributed by atoms with Crippen molar-refractivity contribution in [3.05, 3.63) is 94.5 Å². The highest BCUT2D eigenvalue weighted by Gasteiger charge is 2.22. The van der Waals surface area contributed by atoms with Gasteiger partial charge in [0.05, 0.1) is 17.8 Å². The highest BCUT2D eigenvalue weighted by molar-refractivity contribution is 5.98. The summed E-state index contributed by atoms with van der Waals surface area (Å²) in [7, 11) is 0. The van der Waals surface area contributed by atoms with Crippen LogP contribution in [0.25, 0.3) is 22.0 Å². The van der Waals surface area contributed by atoms with E-state index >= 15 is 0 Å². The Labute approximate surface area is 166 Å². The highest BCUT2D eigenvalue weighted by Crippen LogP contribution is 2.32. The van der Waals surface area contributed by atoms with Crippen molar-refractivity contribution in [2.45, 2.75) is 13.0 Å². The van der Waals surface area contributed by atoms with Crippen LogP contribution in [-0.4, -0.2) is 25.7 Å². The van der Waals surface area contributed by atoms with E-state index in [4.69, 9.17) is 0 Å². The van der Waals surface area contributed by atoms with Crippen molar-refractivity contribution in [3.63, 3.8) is 0 Å². The summed E-state index contributed by atoms with van der Waals surface area (Å²) in [4.78, 5) is 28.8. The first-order chi connectivity index (χ1) is 14.0. The third-order valence-corrected chi connectivity index (χ3v) is 5.03. The molecule has 0 saturated carbocycles. The van der Waals surface area contributed by atoms with Crippen molar-refractivity contribution in [1.29, 1.82) is 0 Å². The molecular formula is C23H18N2O4. The molecule has 29 heavy (non-hydrogen) atoms. The smallest absolute Gasteiger partial charge is 0.358 e. The highest BCUT2D eigenvalue weighted by atomic mass is 16.4. The van der Waals surface area contributed by atoms with E-state index in [2.05, 4.69) is 4.98 Å². The van der Waals surface area contributed by atoms with E-state index in [0.717, 1.165) is 5.56 Å². The quantitative estimate of drug-likeness (QED) is 0.551. The van der Waals surface area contributed by atoms with Gasteiger partial charge >= 0.3 is 5.97 Å². The fraction of sp³-hybridized carbons (Fsp3) is 0.0870. The average molecular weight is 386 g/mol. The lowest BCUT2D eigenvalue weighted by Crippen LogP contribution is -2.26. The molecule has 0 fully saturated rings. The summed E-state index contributed by atoms with van der Waals surface area (Å²) in [6.07, 6.45) is 1.33. The minimum atomic E-state index is -1.33. The minimum Gasteiger partial charge on any atom is -0.505 e. The maximum atomic E-state index is 13.5.